The van der Waals surface area contributed by atoms with Crippen LogP contribution in [0.5, 0.6) is 11.5 Å². The summed E-state index contributed by atoms with van der Waals surface area (Å²) in [6, 6.07) is 26.5. The molecule has 1 N–H and O–H groups in total. The molecule has 7 heteroatoms. The first-order valence-corrected chi connectivity index (χ1v) is 11.8. The number of amides is 1. The van der Waals surface area contributed by atoms with Crippen LogP contribution in [-0.2, 0) is 11.4 Å². The maximum atomic E-state index is 12.6. The van der Waals surface area contributed by atoms with Crippen molar-refractivity contribution in [1.29, 1.82) is 5.26 Å². The van der Waals surface area contributed by atoms with Crippen molar-refractivity contribution < 1.29 is 14.3 Å². The van der Waals surface area contributed by atoms with Crippen LogP contribution < -0.4 is 14.8 Å². The Hall–Kier alpha value is -3.79. The highest BCUT2D eigenvalue weighted by atomic mass is 79.9. The fourth-order valence-electron chi connectivity index (χ4n) is 3.49. The van der Waals surface area contributed by atoms with Crippen molar-refractivity contribution >= 4 is 56.0 Å². The predicted octanol–water partition coefficient (Wildman–Crippen LogP) is 7.39. The highest BCUT2D eigenvalue weighted by molar-refractivity contribution is 9.10. The van der Waals surface area contributed by atoms with Crippen LogP contribution in [0.3, 0.4) is 0 Å². The van der Waals surface area contributed by atoms with E-state index in [0.29, 0.717) is 38.9 Å². The number of ether oxygens (including phenoxy) is 2. The highest BCUT2D eigenvalue weighted by Crippen LogP contribution is 2.35. The van der Waals surface area contributed by atoms with E-state index in [1.165, 1.54) is 18.6 Å². The lowest BCUT2D eigenvalue weighted by Gasteiger charge is -2.13. The molecule has 0 aliphatic rings. The summed E-state index contributed by atoms with van der Waals surface area (Å²) in [5, 5.41) is 15.0. The molecular weight excluding hydrogens is 528 g/mol. The number of methoxy groups -OCH3 is 1. The van der Waals surface area contributed by atoms with E-state index in [-0.39, 0.29) is 5.57 Å². The second-order valence-electron chi connectivity index (χ2n) is 7.63. The molecule has 0 fully saturated rings. The van der Waals surface area contributed by atoms with Gasteiger partial charge in [-0.2, -0.15) is 5.26 Å². The molecule has 4 aromatic carbocycles. The summed E-state index contributed by atoms with van der Waals surface area (Å²) in [6.45, 7) is 0.355. The van der Waals surface area contributed by atoms with Gasteiger partial charge in [0.2, 0.25) is 0 Å². The summed E-state index contributed by atoms with van der Waals surface area (Å²) in [6.07, 6.45) is 1.49. The Morgan fingerprint density at radius 2 is 1.83 bits per heavy atom. The van der Waals surface area contributed by atoms with Crippen molar-refractivity contribution in [3.05, 3.63) is 105 Å². The van der Waals surface area contributed by atoms with Crippen LogP contribution in [0.4, 0.5) is 5.69 Å². The molecule has 174 valence electrons. The van der Waals surface area contributed by atoms with Crippen LogP contribution in [0.15, 0.2) is 88.9 Å². The van der Waals surface area contributed by atoms with Crippen molar-refractivity contribution in [2.45, 2.75) is 6.61 Å². The Bertz CT molecular complexity index is 1480. The topological polar surface area (TPSA) is 71.3 Å². The third-order valence-corrected chi connectivity index (χ3v) is 6.16. The van der Waals surface area contributed by atoms with Gasteiger partial charge in [0.25, 0.3) is 5.91 Å². The Balaban J connectivity index is 1.54. The van der Waals surface area contributed by atoms with Gasteiger partial charge >= 0.3 is 0 Å². The molecule has 0 bridgehead atoms. The van der Waals surface area contributed by atoms with Crippen LogP contribution >= 0.6 is 27.5 Å². The second kappa shape index (κ2) is 11.1. The summed E-state index contributed by atoms with van der Waals surface area (Å²) in [7, 11) is 1.54. The van der Waals surface area contributed by atoms with Crippen molar-refractivity contribution in [2.75, 3.05) is 12.4 Å². The van der Waals surface area contributed by atoms with Gasteiger partial charge in [-0.15, -0.1) is 0 Å². The van der Waals surface area contributed by atoms with E-state index >= 15 is 0 Å². The molecule has 1 amide bonds. The fourth-order valence-corrected chi connectivity index (χ4v) is 4.12. The Labute approximate surface area is 216 Å². The van der Waals surface area contributed by atoms with E-state index in [2.05, 4.69) is 45.5 Å². The lowest BCUT2D eigenvalue weighted by atomic mass is 10.1. The van der Waals surface area contributed by atoms with Gasteiger partial charge in [0.1, 0.15) is 18.2 Å². The summed E-state index contributed by atoms with van der Waals surface area (Å²) in [5.41, 5.74) is 2.04. The minimum atomic E-state index is -0.544. The normalized spacial score (nSPS) is 11.1. The molecule has 0 heterocycles. The van der Waals surface area contributed by atoms with E-state index in [1.54, 1.807) is 36.4 Å². The molecule has 4 rings (SSSR count). The van der Waals surface area contributed by atoms with E-state index in [9.17, 15) is 10.1 Å². The van der Waals surface area contributed by atoms with Gasteiger partial charge in [0.15, 0.2) is 11.5 Å². The number of nitrogens with zero attached hydrogens (tertiary/aromatic N) is 1. The van der Waals surface area contributed by atoms with Gasteiger partial charge in [-0.05, 0) is 64.4 Å². The number of nitrogens with one attached hydrogen (secondary N) is 1. The number of benzene rings is 4. The zero-order chi connectivity index (χ0) is 24.8. The number of rotatable bonds is 7. The average molecular weight is 548 g/mol. The summed E-state index contributed by atoms with van der Waals surface area (Å²) in [4.78, 5) is 12.6. The monoisotopic (exact) mass is 546 g/mol. The zero-order valence-corrected chi connectivity index (χ0v) is 21.1. The van der Waals surface area contributed by atoms with E-state index in [1.807, 2.05) is 24.3 Å². The first kappa shape index (κ1) is 24.3. The number of anilines is 1. The van der Waals surface area contributed by atoms with Crippen molar-refractivity contribution in [3.63, 3.8) is 0 Å². The third kappa shape index (κ3) is 6.02. The molecule has 35 heavy (non-hydrogen) atoms. The average Bonchev–Trinajstić information content (AvgIpc) is 2.86. The number of carbonyl (C=O) groups is 1. The molecule has 5 nitrogen and oxygen atoms in total. The molecule has 0 unspecified atom stereocenters. The SMILES string of the molecule is COc1cc(/C=C(\C#N)C(=O)Nc2cccc(Cl)c2)c(Br)cc1OCc1ccc2ccccc2c1. The summed E-state index contributed by atoms with van der Waals surface area (Å²) < 4.78 is 12.2. The van der Waals surface area contributed by atoms with Gasteiger partial charge in [-0.25, -0.2) is 0 Å². The number of hydrogen-bond donors (Lipinski definition) is 1. The van der Waals surface area contributed by atoms with Crippen molar-refractivity contribution in [2.24, 2.45) is 0 Å². The Morgan fingerprint density at radius 3 is 2.57 bits per heavy atom. The van der Waals surface area contributed by atoms with Crippen molar-refractivity contribution in [1.82, 2.24) is 0 Å². The molecule has 0 radical (unpaired) electrons. The van der Waals surface area contributed by atoms with Crippen LogP contribution in [0.25, 0.3) is 16.8 Å². The van der Waals surface area contributed by atoms with Crippen LogP contribution in [-0.4, -0.2) is 13.0 Å². The first-order valence-electron chi connectivity index (χ1n) is 10.6. The number of hydrogen-bond acceptors (Lipinski definition) is 4. The zero-order valence-electron chi connectivity index (χ0n) is 18.7. The minimum Gasteiger partial charge on any atom is -0.493 e. The minimum absolute atomic E-state index is 0.0717. The highest BCUT2D eigenvalue weighted by Gasteiger charge is 2.14. The van der Waals surface area contributed by atoms with Crippen LogP contribution in [0.2, 0.25) is 5.02 Å². The molecule has 0 aliphatic carbocycles. The second-order valence-corrected chi connectivity index (χ2v) is 8.92. The van der Waals surface area contributed by atoms with Gasteiger partial charge in [-0.1, -0.05) is 70.0 Å². The molecule has 0 aromatic heterocycles. The van der Waals surface area contributed by atoms with Gasteiger partial charge in [-0.3, -0.25) is 4.79 Å². The first-order chi connectivity index (χ1) is 17.0. The Morgan fingerprint density at radius 1 is 1.03 bits per heavy atom. The van der Waals surface area contributed by atoms with E-state index in [0.717, 1.165) is 10.9 Å². The van der Waals surface area contributed by atoms with Gasteiger partial charge < -0.3 is 14.8 Å². The van der Waals surface area contributed by atoms with E-state index < -0.39 is 5.91 Å². The number of nitriles is 1. The fraction of sp³-hybridized carbons (Fsp3) is 0.0714. The molecule has 0 aliphatic heterocycles. The van der Waals surface area contributed by atoms with Gasteiger partial charge in [0, 0.05) is 15.2 Å². The number of carbonyl (C=O) groups excluding carboxylic acids is 1. The predicted molar refractivity (Wildman–Crippen MR) is 143 cm³/mol. The molecular formula is C28H20BrClN2O3. The molecule has 0 saturated carbocycles. The largest absolute Gasteiger partial charge is 0.493 e. The number of halogens is 2. The molecule has 0 spiro atoms. The van der Waals surface area contributed by atoms with Crippen molar-refractivity contribution in [3.8, 4) is 17.6 Å². The molecule has 4 aromatic rings. The molecule has 0 saturated heterocycles. The summed E-state index contributed by atoms with van der Waals surface area (Å²) >= 11 is 9.48. The third-order valence-electron chi connectivity index (χ3n) is 5.24. The van der Waals surface area contributed by atoms with E-state index in [4.69, 9.17) is 21.1 Å². The number of fused-ring (bicyclic) bond motifs is 1. The maximum Gasteiger partial charge on any atom is 0.266 e. The van der Waals surface area contributed by atoms with Crippen LogP contribution in [0, 0.1) is 11.3 Å². The summed E-state index contributed by atoms with van der Waals surface area (Å²) in [5.74, 6) is 0.469. The quantitative estimate of drug-likeness (QED) is 0.193. The Kier molecular flexibility index (Phi) is 7.71. The van der Waals surface area contributed by atoms with Gasteiger partial charge in [0.05, 0.1) is 7.11 Å². The smallest absolute Gasteiger partial charge is 0.266 e. The lowest BCUT2D eigenvalue weighted by molar-refractivity contribution is -0.112. The standard InChI is InChI=1S/C28H20BrClN2O3/c1-34-26-13-21(12-22(16-31)28(33)32-24-8-4-7-23(30)14-24)25(29)15-27(26)35-17-18-9-10-19-5-2-3-6-20(19)11-18/h2-15H,17H2,1H3,(H,32,33)/b22-12+. The maximum absolute atomic E-state index is 12.6. The molecule has 0 atom stereocenters. The van der Waals surface area contributed by atoms with Crippen LogP contribution in [0.1, 0.15) is 11.1 Å². The lowest BCUT2D eigenvalue weighted by Crippen LogP contribution is -2.13.